The Balaban J connectivity index is 1.55. The van der Waals surface area contributed by atoms with Gasteiger partial charge in [0.2, 0.25) is 5.91 Å². The van der Waals surface area contributed by atoms with E-state index in [1.807, 2.05) is 18.2 Å². The Kier molecular flexibility index (Phi) is 8.49. The van der Waals surface area contributed by atoms with Crippen LogP contribution in [-0.4, -0.2) is 78.3 Å². The van der Waals surface area contributed by atoms with Crippen molar-refractivity contribution in [1.29, 1.82) is 0 Å². The van der Waals surface area contributed by atoms with Crippen molar-refractivity contribution < 1.29 is 18.7 Å². The highest BCUT2D eigenvalue weighted by molar-refractivity contribution is 6.34. The van der Waals surface area contributed by atoms with Crippen molar-refractivity contribution in [3.8, 4) is 0 Å². The van der Waals surface area contributed by atoms with Gasteiger partial charge in [-0.2, -0.15) is 5.10 Å². The lowest BCUT2D eigenvalue weighted by Gasteiger charge is -2.31. The van der Waals surface area contributed by atoms with Gasteiger partial charge in [-0.25, -0.2) is 9.40 Å². The van der Waals surface area contributed by atoms with E-state index in [0.29, 0.717) is 49.9 Å². The molecule has 0 aliphatic carbocycles. The quantitative estimate of drug-likeness (QED) is 0.554. The predicted molar refractivity (Wildman–Crippen MR) is 133 cm³/mol. The number of amides is 2. The summed E-state index contributed by atoms with van der Waals surface area (Å²) in [6.45, 7) is 5.82. The molecule has 186 valence electrons. The zero-order valence-corrected chi connectivity index (χ0v) is 20.6. The maximum Gasteiger partial charge on any atom is 0.262 e. The standard InChI is InChI=1S/C26H30ClFN4O3/c1-2-25(33)31(12-11-30-13-15-35-16-14-30)18-26(34)32-24(19-7-9-20(28)10-8-19)17-23(29-32)21-5-3-4-6-22(21)27/h3-10,24H,2,11-18H2,1H3. The van der Waals surface area contributed by atoms with Gasteiger partial charge in [-0.3, -0.25) is 14.5 Å². The van der Waals surface area contributed by atoms with Crippen LogP contribution in [0.3, 0.4) is 0 Å². The van der Waals surface area contributed by atoms with E-state index in [9.17, 15) is 14.0 Å². The third kappa shape index (κ3) is 6.25. The van der Waals surface area contributed by atoms with Crippen molar-refractivity contribution in [3.05, 3.63) is 70.5 Å². The van der Waals surface area contributed by atoms with Crippen molar-refractivity contribution in [2.24, 2.45) is 5.10 Å². The molecule has 1 saturated heterocycles. The summed E-state index contributed by atoms with van der Waals surface area (Å²) in [6.07, 6.45) is 0.753. The van der Waals surface area contributed by atoms with Crippen molar-refractivity contribution in [2.75, 3.05) is 45.9 Å². The highest BCUT2D eigenvalue weighted by Crippen LogP contribution is 2.34. The number of morpholine rings is 1. The zero-order chi connectivity index (χ0) is 24.8. The second-order valence-corrected chi connectivity index (χ2v) is 9.07. The molecular weight excluding hydrogens is 471 g/mol. The summed E-state index contributed by atoms with van der Waals surface area (Å²) >= 11 is 6.41. The molecule has 1 atom stereocenters. The molecule has 7 nitrogen and oxygen atoms in total. The maximum absolute atomic E-state index is 13.6. The summed E-state index contributed by atoms with van der Waals surface area (Å²) in [6, 6.07) is 13.0. The largest absolute Gasteiger partial charge is 0.379 e. The molecule has 0 spiro atoms. The fourth-order valence-electron chi connectivity index (χ4n) is 4.38. The SMILES string of the molecule is CCC(=O)N(CCN1CCOCC1)CC(=O)N1N=C(c2ccccc2Cl)CC1c1ccc(F)cc1. The first-order valence-corrected chi connectivity index (χ1v) is 12.3. The molecule has 0 aromatic heterocycles. The van der Waals surface area contributed by atoms with E-state index < -0.39 is 6.04 Å². The molecule has 2 aliphatic heterocycles. The van der Waals surface area contributed by atoms with Crippen LogP contribution in [-0.2, 0) is 14.3 Å². The molecule has 9 heteroatoms. The summed E-state index contributed by atoms with van der Waals surface area (Å²) in [7, 11) is 0. The Morgan fingerprint density at radius 1 is 1.14 bits per heavy atom. The lowest BCUT2D eigenvalue weighted by atomic mass is 9.98. The minimum absolute atomic E-state index is 0.0754. The van der Waals surface area contributed by atoms with Gasteiger partial charge < -0.3 is 9.64 Å². The molecule has 0 bridgehead atoms. The van der Waals surface area contributed by atoms with Crippen LogP contribution in [0.5, 0.6) is 0 Å². The van der Waals surface area contributed by atoms with E-state index in [1.165, 1.54) is 17.1 Å². The monoisotopic (exact) mass is 500 g/mol. The Hall–Kier alpha value is -2.81. The minimum atomic E-state index is -0.410. The maximum atomic E-state index is 13.6. The van der Waals surface area contributed by atoms with Crippen molar-refractivity contribution in [1.82, 2.24) is 14.8 Å². The minimum Gasteiger partial charge on any atom is -0.379 e. The van der Waals surface area contributed by atoms with Crippen LogP contribution in [0.25, 0.3) is 0 Å². The number of benzene rings is 2. The van der Waals surface area contributed by atoms with E-state index in [-0.39, 0.29) is 24.2 Å². The zero-order valence-electron chi connectivity index (χ0n) is 19.8. The molecule has 0 radical (unpaired) electrons. The van der Waals surface area contributed by atoms with Gasteiger partial charge in [0.1, 0.15) is 12.4 Å². The van der Waals surface area contributed by atoms with E-state index in [2.05, 4.69) is 10.0 Å². The van der Waals surface area contributed by atoms with Gasteiger partial charge in [0, 0.05) is 49.6 Å². The normalized spacial score (nSPS) is 18.4. The lowest BCUT2D eigenvalue weighted by molar-refractivity contribution is -0.141. The van der Waals surface area contributed by atoms with Gasteiger partial charge >= 0.3 is 0 Å². The van der Waals surface area contributed by atoms with Crippen LogP contribution in [0.2, 0.25) is 5.02 Å². The number of nitrogens with zero attached hydrogens (tertiary/aromatic N) is 4. The first kappa shape index (κ1) is 25.3. The fourth-order valence-corrected chi connectivity index (χ4v) is 4.63. The van der Waals surface area contributed by atoms with E-state index in [4.69, 9.17) is 16.3 Å². The molecule has 2 aromatic rings. The molecule has 2 amide bonds. The van der Waals surface area contributed by atoms with Crippen LogP contribution >= 0.6 is 11.6 Å². The van der Waals surface area contributed by atoms with E-state index >= 15 is 0 Å². The molecule has 2 heterocycles. The number of carbonyl (C=O) groups is 2. The van der Waals surface area contributed by atoms with Crippen LogP contribution in [0, 0.1) is 5.82 Å². The number of hydrazone groups is 1. The second kappa shape index (κ2) is 11.7. The van der Waals surface area contributed by atoms with Gasteiger partial charge in [-0.1, -0.05) is 48.9 Å². The summed E-state index contributed by atoms with van der Waals surface area (Å²) in [5, 5.41) is 6.62. The van der Waals surface area contributed by atoms with Crippen LogP contribution in [0.4, 0.5) is 4.39 Å². The highest BCUT2D eigenvalue weighted by Gasteiger charge is 2.35. The number of hydrogen-bond acceptors (Lipinski definition) is 5. The van der Waals surface area contributed by atoms with Gasteiger partial charge in [-0.05, 0) is 23.8 Å². The average molecular weight is 501 g/mol. The molecule has 1 fully saturated rings. The molecule has 1 unspecified atom stereocenters. The lowest BCUT2D eigenvalue weighted by Crippen LogP contribution is -2.46. The molecule has 4 rings (SSSR count). The Morgan fingerprint density at radius 3 is 2.54 bits per heavy atom. The summed E-state index contributed by atoms with van der Waals surface area (Å²) in [4.78, 5) is 30.0. The fraction of sp³-hybridized carbons (Fsp3) is 0.423. The first-order valence-electron chi connectivity index (χ1n) is 11.9. The molecule has 0 N–H and O–H groups in total. The number of ether oxygens (including phenoxy) is 1. The van der Waals surface area contributed by atoms with Crippen LogP contribution in [0.15, 0.2) is 53.6 Å². The third-order valence-corrected chi connectivity index (χ3v) is 6.71. The first-order chi connectivity index (χ1) is 17.0. The van der Waals surface area contributed by atoms with Crippen molar-refractivity contribution >= 4 is 29.1 Å². The van der Waals surface area contributed by atoms with Crippen LogP contribution in [0.1, 0.15) is 36.9 Å². The summed E-state index contributed by atoms with van der Waals surface area (Å²) < 4.78 is 19.0. The van der Waals surface area contributed by atoms with Gasteiger partial charge in [0.25, 0.3) is 5.91 Å². The number of hydrogen-bond donors (Lipinski definition) is 0. The van der Waals surface area contributed by atoms with Gasteiger partial charge in [-0.15, -0.1) is 0 Å². The number of rotatable bonds is 8. The third-order valence-electron chi connectivity index (χ3n) is 6.38. The average Bonchev–Trinajstić information content (AvgIpc) is 3.32. The molecule has 2 aliphatic rings. The van der Waals surface area contributed by atoms with Gasteiger partial charge in [0.15, 0.2) is 0 Å². The highest BCUT2D eigenvalue weighted by atomic mass is 35.5. The topological polar surface area (TPSA) is 65.5 Å². The Morgan fingerprint density at radius 2 is 1.86 bits per heavy atom. The summed E-state index contributed by atoms with van der Waals surface area (Å²) in [5.41, 5.74) is 2.21. The Labute approximate surface area is 210 Å². The predicted octanol–water partition coefficient (Wildman–Crippen LogP) is 3.73. The van der Waals surface area contributed by atoms with Crippen molar-refractivity contribution in [3.63, 3.8) is 0 Å². The Bertz CT molecular complexity index is 1070. The molecule has 0 saturated carbocycles. The van der Waals surface area contributed by atoms with E-state index in [0.717, 1.165) is 24.2 Å². The number of halogens is 2. The summed E-state index contributed by atoms with van der Waals surface area (Å²) in [5.74, 6) is -0.718. The number of carbonyl (C=O) groups excluding carboxylic acids is 2. The van der Waals surface area contributed by atoms with Crippen molar-refractivity contribution in [2.45, 2.75) is 25.8 Å². The molecule has 2 aromatic carbocycles. The van der Waals surface area contributed by atoms with Gasteiger partial charge in [0.05, 0.1) is 25.0 Å². The molecular formula is C26H30ClFN4O3. The second-order valence-electron chi connectivity index (χ2n) is 8.66. The molecule has 35 heavy (non-hydrogen) atoms. The van der Waals surface area contributed by atoms with Crippen LogP contribution < -0.4 is 0 Å². The van der Waals surface area contributed by atoms with E-state index in [1.54, 1.807) is 30.0 Å². The smallest absolute Gasteiger partial charge is 0.262 e.